The van der Waals surface area contributed by atoms with Gasteiger partial charge in [-0.2, -0.15) is 0 Å². The van der Waals surface area contributed by atoms with Crippen molar-refractivity contribution in [3.05, 3.63) is 129 Å². The number of carbonyl (C=O) groups excluding carboxylic acids is 3. The van der Waals surface area contributed by atoms with E-state index in [-0.39, 0.29) is 22.8 Å². The highest BCUT2D eigenvalue weighted by atomic mass is 79.9. The van der Waals surface area contributed by atoms with Crippen LogP contribution >= 0.6 is 27.7 Å². The molecule has 208 valence electrons. The van der Waals surface area contributed by atoms with Crippen molar-refractivity contribution in [3.63, 3.8) is 0 Å². The average Bonchev–Trinajstić information content (AvgIpc) is 2.97. The standard InChI is InChI=1S/C33H30BrN3O3S/c1-21-9-14-28(19-22(21)2)36-31(38)23(3)41-29-17-15-27(16-18-29)35-33(40)30(20-24-10-12-26(34)13-11-24)37-32(39)25-7-5-4-6-8-25/h4-20,23H,1-3H3,(H,35,40)(H,36,38)(H,37,39)/b30-20-. The fourth-order valence-electron chi connectivity index (χ4n) is 3.80. The summed E-state index contributed by atoms with van der Waals surface area (Å²) in [5.74, 6) is -0.935. The lowest BCUT2D eigenvalue weighted by Crippen LogP contribution is -2.30. The van der Waals surface area contributed by atoms with Crippen LogP contribution in [-0.4, -0.2) is 23.0 Å². The van der Waals surface area contributed by atoms with Crippen LogP contribution in [0.25, 0.3) is 6.08 Å². The molecule has 41 heavy (non-hydrogen) atoms. The smallest absolute Gasteiger partial charge is 0.272 e. The summed E-state index contributed by atoms with van der Waals surface area (Å²) >= 11 is 4.83. The van der Waals surface area contributed by atoms with Crippen molar-refractivity contribution in [1.29, 1.82) is 0 Å². The molecule has 8 heteroatoms. The van der Waals surface area contributed by atoms with Crippen molar-refractivity contribution in [2.24, 2.45) is 0 Å². The minimum atomic E-state index is -0.459. The first kappa shape index (κ1) is 29.8. The molecule has 1 atom stereocenters. The van der Waals surface area contributed by atoms with Crippen LogP contribution in [0.2, 0.25) is 0 Å². The lowest BCUT2D eigenvalue weighted by molar-refractivity contribution is -0.115. The Hall–Kier alpha value is -4.14. The van der Waals surface area contributed by atoms with E-state index < -0.39 is 5.91 Å². The maximum Gasteiger partial charge on any atom is 0.272 e. The summed E-state index contributed by atoms with van der Waals surface area (Å²) in [6, 6.07) is 29.2. The number of nitrogens with one attached hydrogen (secondary N) is 3. The van der Waals surface area contributed by atoms with Crippen LogP contribution in [0.1, 0.15) is 34.0 Å². The van der Waals surface area contributed by atoms with Crippen molar-refractivity contribution in [2.45, 2.75) is 30.9 Å². The third kappa shape index (κ3) is 8.67. The largest absolute Gasteiger partial charge is 0.325 e. The molecule has 3 N–H and O–H groups in total. The van der Waals surface area contributed by atoms with Gasteiger partial charge < -0.3 is 16.0 Å². The molecule has 0 bridgehead atoms. The van der Waals surface area contributed by atoms with Crippen LogP contribution in [-0.2, 0) is 9.59 Å². The van der Waals surface area contributed by atoms with E-state index in [4.69, 9.17) is 0 Å². The molecule has 0 radical (unpaired) electrons. The highest BCUT2D eigenvalue weighted by molar-refractivity contribution is 9.10. The SMILES string of the molecule is Cc1ccc(NC(=O)C(C)Sc2ccc(NC(=O)/C(=C/c3ccc(Br)cc3)NC(=O)c3ccccc3)cc2)cc1C. The number of aryl methyl sites for hydroxylation is 2. The van der Waals surface area contributed by atoms with E-state index in [9.17, 15) is 14.4 Å². The van der Waals surface area contributed by atoms with Gasteiger partial charge in [0.1, 0.15) is 5.70 Å². The van der Waals surface area contributed by atoms with E-state index in [2.05, 4.69) is 31.9 Å². The van der Waals surface area contributed by atoms with Crippen LogP contribution in [0.3, 0.4) is 0 Å². The first-order valence-corrected chi connectivity index (χ1v) is 14.6. The Kier molecular flexibility index (Phi) is 10.2. The predicted octanol–water partition coefficient (Wildman–Crippen LogP) is 7.59. The van der Waals surface area contributed by atoms with Crippen LogP contribution in [0, 0.1) is 13.8 Å². The molecule has 4 aromatic carbocycles. The number of benzene rings is 4. The highest BCUT2D eigenvalue weighted by Gasteiger charge is 2.17. The molecule has 4 aromatic rings. The summed E-state index contributed by atoms with van der Waals surface area (Å²) in [4.78, 5) is 39.7. The second-order valence-electron chi connectivity index (χ2n) is 9.46. The van der Waals surface area contributed by atoms with E-state index >= 15 is 0 Å². The number of anilines is 2. The molecule has 1 unspecified atom stereocenters. The van der Waals surface area contributed by atoms with E-state index in [0.717, 1.165) is 26.2 Å². The Morgan fingerprint density at radius 3 is 2.10 bits per heavy atom. The molecule has 0 saturated heterocycles. The Morgan fingerprint density at radius 1 is 0.780 bits per heavy atom. The Morgan fingerprint density at radius 2 is 1.44 bits per heavy atom. The third-order valence-electron chi connectivity index (χ3n) is 6.28. The first-order valence-electron chi connectivity index (χ1n) is 13.0. The maximum atomic E-state index is 13.3. The number of thioether (sulfide) groups is 1. The van der Waals surface area contributed by atoms with E-state index in [1.165, 1.54) is 17.3 Å². The van der Waals surface area contributed by atoms with Gasteiger partial charge in [-0.3, -0.25) is 14.4 Å². The summed E-state index contributed by atoms with van der Waals surface area (Å²) in [7, 11) is 0. The van der Waals surface area contributed by atoms with Crippen LogP contribution in [0.4, 0.5) is 11.4 Å². The molecular weight excluding hydrogens is 598 g/mol. The lowest BCUT2D eigenvalue weighted by Gasteiger charge is -2.14. The number of hydrogen-bond acceptors (Lipinski definition) is 4. The molecule has 4 rings (SSSR count). The zero-order valence-corrected chi connectivity index (χ0v) is 25.3. The molecule has 0 aliphatic carbocycles. The topological polar surface area (TPSA) is 87.3 Å². The first-order chi connectivity index (χ1) is 19.7. The van der Waals surface area contributed by atoms with E-state index in [0.29, 0.717) is 11.3 Å². The van der Waals surface area contributed by atoms with Gasteiger partial charge in [-0.15, -0.1) is 11.8 Å². The second-order valence-corrected chi connectivity index (χ2v) is 11.8. The summed E-state index contributed by atoms with van der Waals surface area (Å²) in [5.41, 5.74) is 4.93. The number of halogens is 1. The van der Waals surface area contributed by atoms with Gasteiger partial charge >= 0.3 is 0 Å². The van der Waals surface area contributed by atoms with E-state index in [1.807, 2.05) is 81.4 Å². The quantitative estimate of drug-likeness (QED) is 0.132. The highest BCUT2D eigenvalue weighted by Crippen LogP contribution is 2.26. The third-order valence-corrected chi connectivity index (χ3v) is 7.92. The Balaban J connectivity index is 1.42. The van der Waals surface area contributed by atoms with Crippen molar-refractivity contribution in [2.75, 3.05) is 10.6 Å². The van der Waals surface area contributed by atoms with Crippen molar-refractivity contribution in [3.8, 4) is 0 Å². The van der Waals surface area contributed by atoms with E-state index in [1.54, 1.807) is 42.5 Å². The summed E-state index contributed by atoms with van der Waals surface area (Å²) in [6.45, 7) is 5.90. The number of carbonyl (C=O) groups is 3. The molecule has 0 fully saturated rings. The molecule has 3 amide bonds. The number of rotatable bonds is 9. The van der Waals surface area contributed by atoms with Gasteiger partial charge in [0.15, 0.2) is 0 Å². The summed E-state index contributed by atoms with van der Waals surface area (Å²) in [6.07, 6.45) is 1.63. The lowest BCUT2D eigenvalue weighted by atomic mass is 10.1. The van der Waals surface area contributed by atoms with Gasteiger partial charge in [0.25, 0.3) is 11.8 Å². The Labute approximate surface area is 252 Å². The van der Waals surface area contributed by atoms with Gasteiger partial charge in [0.2, 0.25) is 5.91 Å². The van der Waals surface area contributed by atoms with Crippen LogP contribution in [0.5, 0.6) is 0 Å². The van der Waals surface area contributed by atoms with Gasteiger partial charge in [-0.05, 0) is 104 Å². The molecule has 0 heterocycles. The summed E-state index contributed by atoms with van der Waals surface area (Å²) in [5, 5.41) is 8.24. The molecule has 0 aromatic heterocycles. The normalized spacial score (nSPS) is 11.9. The van der Waals surface area contributed by atoms with Gasteiger partial charge in [-0.1, -0.05) is 52.3 Å². The molecular formula is C33H30BrN3O3S. The predicted molar refractivity (Wildman–Crippen MR) is 171 cm³/mol. The second kappa shape index (κ2) is 14.0. The van der Waals surface area contributed by atoms with Crippen molar-refractivity contribution >= 4 is 62.9 Å². The fraction of sp³-hybridized carbons (Fsp3) is 0.121. The van der Waals surface area contributed by atoms with Gasteiger partial charge in [0, 0.05) is 26.3 Å². The minimum Gasteiger partial charge on any atom is -0.325 e. The molecule has 0 saturated carbocycles. The molecule has 0 aliphatic rings. The minimum absolute atomic E-state index is 0.0903. The van der Waals surface area contributed by atoms with Crippen molar-refractivity contribution in [1.82, 2.24) is 5.32 Å². The fourth-order valence-corrected chi connectivity index (χ4v) is 4.94. The molecule has 6 nitrogen and oxygen atoms in total. The monoisotopic (exact) mass is 627 g/mol. The zero-order chi connectivity index (χ0) is 29.4. The van der Waals surface area contributed by atoms with Gasteiger partial charge in [-0.25, -0.2) is 0 Å². The zero-order valence-electron chi connectivity index (χ0n) is 22.9. The Bertz CT molecular complexity index is 1570. The number of amides is 3. The van der Waals surface area contributed by atoms with Gasteiger partial charge in [0.05, 0.1) is 5.25 Å². The summed E-state index contributed by atoms with van der Waals surface area (Å²) < 4.78 is 0.906. The van der Waals surface area contributed by atoms with Crippen LogP contribution < -0.4 is 16.0 Å². The maximum absolute atomic E-state index is 13.3. The number of hydrogen-bond donors (Lipinski definition) is 3. The molecule has 0 spiro atoms. The van der Waals surface area contributed by atoms with Crippen LogP contribution in [0.15, 0.2) is 112 Å². The van der Waals surface area contributed by atoms with Crippen molar-refractivity contribution < 1.29 is 14.4 Å². The molecule has 0 aliphatic heterocycles. The average molecular weight is 629 g/mol.